The lowest BCUT2D eigenvalue weighted by Crippen LogP contribution is -2.35. The molecule has 0 aromatic rings. The monoisotopic (exact) mass is 141 g/mol. The SMILES string of the molecule is C=CCC1OCC(=O)C1N. The van der Waals surface area contributed by atoms with Crippen molar-refractivity contribution in [2.45, 2.75) is 18.6 Å². The highest BCUT2D eigenvalue weighted by atomic mass is 16.5. The third-order valence-corrected chi connectivity index (χ3v) is 1.61. The fraction of sp³-hybridized carbons (Fsp3) is 0.571. The molecule has 0 radical (unpaired) electrons. The summed E-state index contributed by atoms with van der Waals surface area (Å²) in [7, 11) is 0. The molecule has 1 aliphatic rings. The predicted octanol–water partition coefficient (Wildman–Crippen LogP) is -0.142. The fourth-order valence-corrected chi connectivity index (χ4v) is 0.975. The summed E-state index contributed by atoms with van der Waals surface area (Å²) >= 11 is 0. The Balaban J connectivity index is 2.48. The highest BCUT2D eigenvalue weighted by Crippen LogP contribution is 2.11. The van der Waals surface area contributed by atoms with Crippen molar-refractivity contribution in [2.24, 2.45) is 5.73 Å². The Labute approximate surface area is 59.8 Å². The van der Waals surface area contributed by atoms with Crippen LogP contribution < -0.4 is 5.73 Å². The van der Waals surface area contributed by atoms with Crippen LogP contribution in [-0.2, 0) is 9.53 Å². The van der Waals surface area contributed by atoms with Crippen molar-refractivity contribution in [3.8, 4) is 0 Å². The van der Waals surface area contributed by atoms with E-state index in [0.717, 1.165) is 0 Å². The minimum atomic E-state index is -0.432. The van der Waals surface area contributed by atoms with E-state index in [4.69, 9.17) is 10.5 Å². The maximum absolute atomic E-state index is 10.8. The van der Waals surface area contributed by atoms with E-state index in [-0.39, 0.29) is 18.5 Å². The molecule has 2 N–H and O–H groups in total. The van der Waals surface area contributed by atoms with Crippen molar-refractivity contribution in [1.82, 2.24) is 0 Å². The highest BCUT2D eigenvalue weighted by Gasteiger charge is 2.31. The third kappa shape index (κ3) is 1.25. The number of ketones is 1. The molecule has 3 heteroatoms. The Morgan fingerprint density at radius 3 is 3.00 bits per heavy atom. The van der Waals surface area contributed by atoms with Gasteiger partial charge in [0.2, 0.25) is 0 Å². The Morgan fingerprint density at radius 2 is 2.60 bits per heavy atom. The number of nitrogens with two attached hydrogens (primary N) is 1. The minimum Gasteiger partial charge on any atom is -0.368 e. The number of carbonyl (C=O) groups is 1. The summed E-state index contributed by atoms with van der Waals surface area (Å²) in [6.07, 6.45) is 2.24. The van der Waals surface area contributed by atoms with Gasteiger partial charge in [0.25, 0.3) is 0 Å². The number of rotatable bonds is 2. The molecule has 0 spiro atoms. The quantitative estimate of drug-likeness (QED) is 0.544. The Morgan fingerprint density at radius 1 is 1.90 bits per heavy atom. The van der Waals surface area contributed by atoms with E-state index in [1.54, 1.807) is 6.08 Å². The van der Waals surface area contributed by atoms with Gasteiger partial charge in [0.05, 0.1) is 12.1 Å². The van der Waals surface area contributed by atoms with Gasteiger partial charge in [0, 0.05) is 0 Å². The molecule has 10 heavy (non-hydrogen) atoms. The summed E-state index contributed by atoms with van der Waals surface area (Å²) < 4.78 is 5.07. The zero-order valence-electron chi connectivity index (χ0n) is 5.75. The van der Waals surface area contributed by atoms with E-state index >= 15 is 0 Å². The van der Waals surface area contributed by atoms with Crippen LogP contribution >= 0.6 is 0 Å². The first-order chi connectivity index (χ1) is 4.75. The summed E-state index contributed by atoms with van der Waals surface area (Å²) in [5.41, 5.74) is 5.49. The molecule has 0 amide bonds. The van der Waals surface area contributed by atoms with Gasteiger partial charge < -0.3 is 10.5 Å². The molecule has 3 nitrogen and oxygen atoms in total. The van der Waals surface area contributed by atoms with Crippen LogP contribution in [0, 0.1) is 0 Å². The Bertz CT molecular complexity index is 156. The largest absolute Gasteiger partial charge is 0.368 e. The average molecular weight is 141 g/mol. The van der Waals surface area contributed by atoms with Crippen LogP contribution in [0.3, 0.4) is 0 Å². The van der Waals surface area contributed by atoms with Gasteiger partial charge in [0.15, 0.2) is 5.78 Å². The van der Waals surface area contributed by atoms with Gasteiger partial charge in [-0.15, -0.1) is 6.58 Å². The van der Waals surface area contributed by atoms with Crippen molar-refractivity contribution in [1.29, 1.82) is 0 Å². The molecule has 2 unspecified atom stereocenters. The normalized spacial score (nSPS) is 32.7. The van der Waals surface area contributed by atoms with E-state index in [9.17, 15) is 4.79 Å². The van der Waals surface area contributed by atoms with Crippen molar-refractivity contribution in [2.75, 3.05) is 6.61 Å². The molecule has 0 aromatic carbocycles. The maximum Gasteiger partial charge on any atom is 0.177 e. The molecule has 0 aromatic heterocycles. The molecule has 1 rings (SSSR count). The van der Waals surface area contributed by atoms with Crippen LogP contribution in [-0.4, -0.2) is 24.5 Å². The Hall–Kier alpha value is -0.670. The van der Waals surface area contributed by atoms with Crippen molar-refractivity contribution in [3.63, 3.8) is 0 Å². The van der Waals surface area contributed by atoms with E-state index in [1.165, 1.54) is 0 Å². The zero-order chi connectivity index (χ0) is 7.56. The summed E-state index contributed by atoms with van der Waals surface area (Å²) in [5.74, 6) is -0.00755. The van der Waals surface area contributed by atoms with E-state index < -0.39 is 6.04 Å². The van der Waals surface area contributed by atoms with Gasteiger partial charge in [-0.1, -0.05) is 6.08 Å². The summed E-state index contributed by atoms with van der Waals surface area (Å²) in [6, 6.07) is -0.432. The van der Waals surface area contributed by atoms with Crippen LogP contribution in [0.2, 0.25) is 0 Å². The first kappa shape index (κ1) is 7.44. The van der Waals surface area contributed by atoms with Gasteiger partial charge >= 0.3 is 0 Å². The summed E-state index contributed by atoms with van der Waals surface area (Å²) in [4.78, 5) is 10.8. The lowest BCUT2D eigenvalue weighted by Gasteiger charge is -2.08. The lowest BCUT2D eigenvalue weighted by atomic mass is 10.1. The van der Waals surface area contributed by atoms with Gasteiger partial charge in [-0.2, -0.15) is 0 Å². The second-order valence-corrected chi connectivity index (χ2v) is 2.37. The smallest absolute Gasteiger partial charge is 0.177 e. The molecule has 56 valence electrons. The zero-order valence-corrected chi connectivity index (χ0v) is 5.75. The lowest BCUT2D eigenvalue weighted by molar-refractivity contribution is -0.118. The molecule has 1 fully saturated rings. The molecular formula is C7H11NO2. The Kier molecular flexibility index (Phi) is 2.19. The standard InChI is InChI=1S/C7H11NO2/c1-2-3-6-7(8)5(9)4-10-6/h2,6-7H,1,3-4,8H2. The number of Topliss-reactive ketones (excluding diaryl/α,β-unsaturated/α-hetero) is 1. The van der Waals surface area contributed by atoms with E-state index in [2.05, 4.69) is 6.58 Å². The minimum absolute atomic E-state index is 0.00755. The van der Waals surface area contributed by atoms with E-state index in [1.807, 2.05) is 0 Å². The van der Waals surface area contributed by atoms with Crippen LogP contribution in [0.5, 0.6) is 0 Å². The predicted molar refractivity (Wildman–Crippen MR) is 37.5 cm³/mol. The second-order valence-electron chi connectivity index (χ2n) is 2.37. The van der Waals surface area contributed by atoms with Crippen molar-refractivity contribution < 1.29 is 9.53 Å². The average Bonchev–Trinajstić information content (AvgIpc) is 2.20. The van der Waals surface area contributed by atoms with E-state index in [0.29, 0.717) is 6.42 Å². The number of hydrogen-bond acceptors (Lipinski definition) is 3. The molecule has 1 aliphatic heterocycles. The third-order valence-electron chi connectivity index (χ3n) is 1.61. The van der Waals surface area contributed by atoms with Crippen molar-refractivity contribution >= 4 is 5.78 Å². The topological polar surface area (TPSA) is 52.3 Å². The molecule has 2 atom stereocenters. The maximum atomic E-state index is 10.8. The van der Waals surface area contributed by atoms with Crippen molar-refractivity contribution in [3.05, 3.63) is 12.7 Å². The van der Waals surface area contributed by atoms with Crippen LogP contribution in [0.4, 0.5) is 0 Å². The van der Waals surface area contributed by atoms with Gasteiger partial charge in [0.1, 0.15) is 6.61 Å². The molecule has 0 aliphatic carbocycles. The number of ether oxygens (including phenoxy) is 1. The summed E-state index contributed by atoms with van der Waals surface area (Å²) in [5, 5.41) is 0. The fourth-order valence-electron chi connectivity index (χ4n) is 0.975. The number of hydrogen-bond donors (Lipinski definition) is 1. The molecule has 0 saturated carbocycles. The van der Waals surface area contributed by atoms with Gasteiger partial charge in [-0.3, -0.25) is 4.79 Å². The second kappa shape index (κ2) is 2.94. The van der Waals surface area contributed by atoms with Crippen LogP contribution in [0.25, 0.3) is 0 Å². The first-order valence-electron chi connectivity index (χ1n) is 3.26. The highest BCUT2D eigenvalue weighted by molar-refractivity contribution is 5.87. The summed E-state index contributed by atoms with van der Waals surface area (Å²) in [6.45, 7) is 3.70. The molecule has 1 heterocycles. The van der Waals surface area contributed by atoms with Crippen LogP contribution in [0.15, 0.2) is 12.7 Å². The van der Waals surface area contributed by atoms with Crippen LogP contribution in [0.1, 0.15) is 6.42 Å². The number of carbonyl (C=O) groups excluding carboxylic acids is 1. The molecular weight excluding hydrogens is 130 g/mol. The molecule has 1 saturated heterocycles. The van der Waals surface area contributed by atoms with Gasteiger partial charge in [-0.05, 0) is 6.42 Å². The molecule has 0 bridgehead atoms. The first-order valence-corrected chi connectivity index (χ1v) is 3.26. The van der Waals surface area contributed by atoms with Gasteiger partial charge in [-0.25, -0.2) is 0 Å².